The van der Waals surface area contributed by atoms with Crippen LogP contribution in [-0.2, 0) is 4.79 Å². The fraction of sp³-hybridized carbons (Fsp3) is 0.600. The number of hydrogen-bond donors (Lipinski definition) is 3. The number of pyridine rings is 1. The van der Waals surface area contributed by atoms with E-state index < -0.39 is 23.3 Å². The molecular weight excluding hydrogens is 411 g/mol. The molecule has 2 fully saturated rings. The molecule has 32 heavy (non-hydrogen) atoms. The zero-order chi connectivity index (χ0) is 22.8. The largest absolute Gasteiger partial charge is 0.478 e. The van der Waals surface area contributed by atoms with Gasteiger partial charge in [-0.3, -0.25) is 4.79 Å². The lowest BCUT2D eigenvalue weighted by molar-refractivity contribution is -0.147. The van der Waals surface area contributed by atoms with Crippen LogP contribution in [0.3, 0.4) is 0 Å². The molecule has 0 amide bonds. The first-order chi connectivity index (χ1) is 15.4. The second-order valence-corrected chi connectivity index (χ2v) is 9.63. The molecule has 174 valence electrons. The Morgan fingerprint density at radius 2 is 1.81 bits per heavy atom. The molecule has 1 heterocycles. The average molecular weight is 445 g/mol. The molecule has 1 aromatic heterocycles. The van der Waals surface area contributed by atoms with Crippen molar-refractivity contribution in [3.8, 4) is 5.75 Å². The van der Waals surface area contributed by atoms with Crippen LogP contribution in [-0.4, -0.2) is 28.2 Å². The second-order valence-electron chi connectivity index (χ2n) is 9.63. The SMILES string of the molecule is CC(C)[C@H](Oc1c[nH]c2c(C3CCCC3)c(NC3CCCCC3)c(F)cc2c1=O)C(=O)O. The van der Waals surface area contributed by atoms with E-state index in [1.807, 2.05) is 0 Å². The summed E-state index contributed by atoms with van der Waals surface area (Å²) in [5.41, 5.74) is 1.52. The lowest BCUT2D eigenvalue weighted by Crippen LogP contribution is -2.33. The van der Waals surface area contributed by atoms with Crippen LogP contribution in [0.1, 0.15) is 83.1 Å². The van der Waals surface area contributed by atoms with E-state index in [0.29, 0.717) is 11.2 Å². The number of anilines is 1. The second kappa shape index (κ2) is 9.51. The Balaban J connectivity index is 1.80. The number of hydrogen-bond acceptors (Lipinski definition) is 4. The maximum absolute atomic E-state index is 15.5. The number of aromatic nitrogens is 1. The molecule has 0 unspecified atom stereocenters. The molecule has 0 radical (unpaired) electrons. The Kier molecular flexibility index (Phi) is 6.72. The van der Waals surface area contributed by atoms with E-state index in [-0.39, 0.29) is 29.0 Å². The summed E-state index contributed by atoms with van der Waals surface area (Å²) in [6.45, 7) is 3.43. The van der Waals surface area contributed by atoms with Crippen LogP contribution in [0.25, 0.3) is 10.9 Å². The molecule has 3 N–H and O–H groups in total. The highest BCUT2D eigenvalue weighted by molar-refractivity contribution is 5.88. The molecule has 0 bridgehead atoms. The van der Waals surface area contributed by atoms with Gasteiger partial charge in [-0.1, -0.05) is 46.0 Å². The molecular formula is C25H33FN2O4. The van der Waals surface area contributed by atoms with Gasteiger partial charge in [0, 0.05) is 23.7 Å². The number of fused-ring (bicyclic) bond motifs is 1. The van der Waals surface area contributed by atoms with Crippen LogP contribution in [0.2, 0.25) is 0 Å². The predicted octanol–water partition coefficient (Wildman–Crippen LogP) is 5.56. The molecule has 4 rings (SSSR count). The number of carbonyl (C=O) groups is 1. The molecule has 0 saturated heterocycles. The summed E-state index contributed by atoms with van der Waals surface area (Å²) < 4.78 is 21.0. The molecule has 2 aromatic rings. The van der Waals surface area contributed by atoms with Gasteiger partial charge in [0.2, 0.25) is 5.43 Å². The van der Waals surface area contributed by atoms with Gasteiger partial charge in [0.1, 0.15) is 5.82 Å². The summed E-state index contributed by atoms with van der Waals surface area (Å²) in [5, 5.41) is 13.1. The van der Waals surface area contributed by atoms with Gasteiger partial charge in [-0.25, -0.2) is 9.18 Å². The van der Waals surface area contributed by atoms with E-state index in [1.54, 1.807) is 13.8 Å². The molecule has 2 aliphatic carbocycles. The Labute approximate surface area is 187 Å². The third kappa shape index (κ3) is 4.48. The Hall–Kier alpha value is -2.57. The van der Waals surface area contributed by atoms with Crippen molar-refractivity contribution in [2.24, 2.45) is 5.92 Å². The topological polar surface area (TPSA) is 91.4 Å². The lowest BCUT2D eigenvalue weighted by atomic mass is 9.90. The molecule has 0 spiro atoms. The van der Waals surface area contributed by atoms with Gasteiger partial charge in [-0.05, 0) is 37.7 Å². The van der Waals surface area contributed by atoms with E-state index in [2.05, 4.69) is 10.3 Å². The van der Waals surface area contributed by atoms with Crippen LogP contribution in [0.5, 0.6) is 5.75 Å². The fourth-order valence-corrected chi connectivity index (χ4v) is 5.26. The number of carboxylic acid groups (broad SMARTS) is 1. The summed E-state index contributed by atoms with van der Waals surface area (Å²) in [5.74, 6) is -1.79. The monoisotopic (exact) mass is 444 g/mol. The minimum Gasteiger partial charge on any atom is -0.478 e. The van der Waals surface area contributed by atoms with Gasteiger partial charge in [-0.2, -0.15) is 0 Å². The Bertz CT molecular complexity index is 1040. The number of H-pyrrole nitrogens is 1. The third-order valence-corrected chi connectivity index (χ3v) is 6.95. The minimum absolute atomic E-state index is 0.0941. The Morgan fingerprint density at radius 1 is 1.16 bits per heavy atom. The molecule has 0 aliphatic heterocycles. The molecule has 7 heteroatoms. The normalized spacial score (nSPS) is 18.9. The van der Waals surface area contributed by atoms with Gasteiger partial charge in [0.05, 0.1) is 16.6 Å². The smallest absolute Gasteiger partial charge is 0.345 e. The number of aliphatic carboxylic acids is 1. The number of nitrogens with one attached hydrogen (secondary N) is 2. The van der Waals surface area contributed by atoms with E-state index in [1.165, 1.54) is 18.7 Å². The van der Waals surface area contributed by atoms with E-state index in [0.717, 1.165) is 56.9 Å². The molecule has 6 nitrogen and oxygen atoms in total. The summed E-state index contributed by atoms with van der Waals surface area (Å²) in [4.78, 5) is 27.9. The summed E-state index contributed by atoms with van der Waals surface area (Å²) >= 11 is 0. The lowest BCUT2D eigenvalue weighted by Gasteiger charge is -2.27. The van der Waals surface area contributed by atoms with Gasteiger partial charge in [0.15, 0.2) is 11.9 Å². The molecule has 1 aromatic carbocycles. The number of aromatic amines is 1. The quantitative estimate of drug-likeness (QED) is 0.520. The molecule has 2 aliphatic rings. The Morgan fingerprint density at radius 3 is 2.44 bits per heavy atom. The first-order valence-corrected chi connectivity index (χ1v) is 11.9. The van der Waals surface area contributed by atoms with E-state index in [9.17, 15) is 14.7 Å². The highest BCUT2D eigenvalue weighted by Gasteiger charge is 2.29. The van der Waals surface area contributed by atoms with Crippen molar-refractivity contribution in [3.05, 3.63) is 33.9 Å². The highest BCUT2D eigenvalue weighted by Crippen LogP contribution is 2.42. The van der Waals surface area contributed by atoms with Crippen molar-refractivity contribution >= 4 is 22.6 Å². The van der Waals surface area contributed by atoms with Crippen molar-refractivity contribution in [1.29, 1.82) is 0 Å². The minimum atomic E-state index is -1.15. The number of ether oxygens (including phenoxy) is 1. The van der Waals surface area contributed by atoms with Crippen molar-refractivity contribution in [3.63, 3.8) is 0 Å². The standard InChI is InChI=1S/C25H33FN2O4/c1-14(2)24(25(30)31)32-19-13-27-21-17(23(19)29)12-18(26)22(20(21)15-8-6-7-9-15)28-16-10-4-3-5-11-16/h12-16,24,28H,3-11H2,1-2H3,(H,27,29)(H,30,31)/t24-/m0/s1. The van der Waals surface area contributed by atoms with E-state index >= 15 is 4.39 Å². The van der Waals surface area contributed by atoms with Crippen LogP contribution >= 0.6 is 0 Å². The molecule has 2 saturated carbocycles. The fourth-order valence-electron chi connectivity index (χ4n) is 5.26. The van der Waals surface area contributed by atoms with Gasteiger partial charge >= 0.3 is 5.97 Å². The van der Waals surface area contributed by atoms with Crippen LogP contribution in [0.4, 0.5) is 10.1 Å². The maximum Gasteiger partial charge on any atom is 0.345 e. The van der Waals surface area contributed by atoms with Crippen molar-refractivity contribution < 1.29 is 19.0 Å². The van der Waals surface area contributed by atoms with Crippen molar-refractivity contribution in [2.75, 3.05) is 5.32 Å². The van der Waals surface area contributed by atoms with Crippen LogP contribution in [0, 0.1) is 11.7 Å². The molecule has 1 atom stereocenters. The van der Waals surface area contributed by atoms with Gasteiger partial charge in [-0.15, -0.1) is 0 Å². The summed E-state index contributed by atoms with van der Waals surface area (Å²) in [7, 11) is 0. The number of rotatable bonds is 7. The number of halogens is 1. The average Bonchev–Trinajstić information content (AvgIpc) is 3.29. The highest BCUT2D eigenvalue weighted by atomic mass is 19.1. The zero-order valence-corrected chi connectivity index (χ0v) is 18.9. The van der Waals surface area contributed by atoms with Gasteiger partial charge < -0.3 is 20.1 Å². The summed E-state index contributed by atoms with van der Waals surface area (Å²) in [6.07, 6.45) is 9.94. The van der Waals surface area contributed by atoms with Gasteiger partial charge in [0.25, 0.3) is 0 Å². The number of carboxylic acids is 1. The third-order valence-electron chi connectivity index (χ3n) is 6.95. The maximum atomic E-state index is 15.5. The number of benzene rings is 1. The summed E-state index contributed by atoms with van der Waals surface area (Å²) in [6, 6.07) is 1.52. The van der Waals surface area contributed by atoms with Crippen molar-refractivity contribution in [2.45, 2.75) is 89.7 Å². The first-order valence-electron chi connectivity index (χ1n) is 11.9. The van der Waals surface area contributed by atoms with Crippen LogP contribution < -0.4 is 15.5 Å². The van der Waals surface area contributed by atoms with E-state index in [4.69, 9.17) is 4.74 Å². The van der Waals surface area contributed by atoms with Crippen LogP contribution in [0.15, 0.2) is 17.1 Å². The first kappa shape index (κ1) is 22.6. The zero-order valence-electron chi connectivity index (χ0n) is 18.9. The predicted molar refractivity (Wildman–Crippen MR) is 123 cm³/mol. The van der Waals surface area contributed by atoms with Crippen molar-refractivity contribution in [1.82, 2.24) is 4.98 Å².